The average Bonchev–Trinajstić information content (AvgIpc) is 2.71. The van der Waals surface area contributed by atoms with Crippen molar-refractivity contribution in [2.75, 3.05) is 18.4 Å². The molecule has 1 aliphatic heterocycles. The first-order valence-electron chi connectivity index (χ1n) is 9.47. The van der Waals surface area contributed by atoms with E-state index in [2.05, 4.69) is 10.3 Å². The summed E-state index contributed by atoms with van der Waals surface area (Å²) < 4.78 is 13.1. The Labute approximate surface area is 168 Å². The number of benzene rings is 1. The van der Waals surface area contributed by atoms with Gasteiger partial charge in [-0.2, -0.15) is 0 Å². The summed E-state index contributed by atoms with van der Waals surface area (Å²) in [6, 6.07) is 8.54. The molecule has 1 atom stereocenters. The monoisotopic (exact) mass is 398 g/mol. The molecule has 2 aromatic rings. The summed E-state index contributed by atoms with van der Waals surface area (Å²) in [5.41, 5.74) is 1.70. The van der Waals surface area contributed by atoms with Crippen molar-refractivity contribution in [1.29, 1.82) is 0 Å². The number of aromatic nitrogens is 1. The SMILES string of the molecule is CC[C@@H](C(=O)Nc1ccc(C)cn1)N1CCN(Cc2ccc(F)cc2)C(=O)C1=O. The summed E-state index contributed by atoms with van der Waals surface area (Å²) in [6.45, 7) is 4.45. The molecule has 0 saturated carbocycles. The fraction of sp³-hybridized carbons (Fsp3) is 0.333. The first kappa shape index (κ1) is 20.4. The highest BCUT2D eigenvalue weighted by atomic mass is 19.1. The topological polar surface area (TPSA) is 82.6 Å². The Morgan fingerprint density at radius 3 is 2.48 bits per heavy atom. The number of pyridine rings is 1. The number of nitrogens with zero attached hydrogens (tertiary/aromatic N) is 3. The van der Waals surface area contributed by atoms with Crippen molar-refractivity contribution in [2.45, 2.75) is 32.9 Å². The van der Waals surface area contributed by atoms with Crippen molar-refractivity contribution >= 4 is 23.5 Å². The van der Waals surface area contributed by atoms with Crippen LogP contribution in [-0.2, 0) is 20.9 Å². The quantitative estimate of drug-likeness (QED) is 0.756. The third-order valence-electron chi connectivity index (χ3n) is 4.86. The van der Waals surface area contributed by atoms with Gasteiger partial charge < -0.3 is 15.1 Å². The second-order valence-electron chi connectivity index (χ2n) is 6.99. The molecule has 29 heavy (non-hydrogen) atoms. The number of amides is 3. The Morgan fingerprint density at radius 1 is 1.14 bits per heavy atom. The normalized spacial score (nSPS) is 15.4. The van der Waals surface area contributed by atoms with Gasteiger partial charge in [-0.3, -0.25) is 14.4 Å². The van der Waals surface area contributed by atoms with Crippen LogP contribution in [0.4, 0.5) is 10.2 Å². The second-order valence-corrected chi connectivity index (χ2v) is 6.99. The molecule has 1 aromatic carbocycles. The van der Waals surface area contributed by atoms with E-state index in [1.807, 2.05) is 13.0 Å². The van der Waals surface area contributed by atoms with Crippen LogP contribution in [0.3, 0.4) is 0 Å². The van der Waals surface area contributed by atoms with Gasteiger partial charge in [-0.05, 0) is 42.7 Å². The summed E-state index contributed by atoms with van der Waals surface area (Å²) >= 11 is 0. The number of hydrogen-bond acceptors (Lipinski definition) is 4. The molecule has 2 heterocycles. The molecule has 1 aliphatic rings. The van der Waals surface area contributed by atoms with E-state index in [1.54, 1.807) is 31.3 Å². The molecule has 7 nitrogen and oxygen atoms in total. The lowest BCUT2D eigenvalue weighted by molar-refractivity contribution is -0.159. The maximum Gasteiger partial charge on any atom is 0.312 e. The van der Waals surface area contributed by atoms with Gasteiger partial charge in [0.1, 0.15) is 17.7 Å². The zero-order valence-electron chi connectivity index (χ0n) is 16.4. The standard InChI is InChI=1S/C21H23FN4O3/c1-3-17(19(27)24-18-9-4-14(2)12-23-18)26-11-10-25(20(28)21(26)29)13-15-5-7-16(22)8-6-15/h4-9,12,17H,3,10-11,13H2,1-2H3,(H,23,24,27)/t17-/m0/s1. The Balaban J connectivity index is 1.66. The van der Waals surface area contributed by atoms with E-state index in [0.29, 0.717) is 18.8 Å². The van der Waals surface area contributed by atoms with Crippen molar-refractivity contribution in [3.8, 4) is 0 Å². The lowest BCUT2D eigenvalue weighted by Gasteiger charge is -2.37. The zero-order valence-corrected chi connectivity index (χ0v) is 16.4. The van der Waals surface area contributed by atoms with Crippen molar-refractivity contribution in [1.82, 2.24) is 14.8 Å². The summed E-state index contributed by atoms with van der Waals surface area (Å²) in [6.07, 6.45) is 2.01. The number of rotatable bonds is 6. The molecular formula is C21H23FN4O3. The molecule has 152 valence electrons. The van der Waals surface area contributed by atoms with E-state index in [4.69, 9.17) is 0 Å². The Kier molecular flexibility index (Phi) is 6.21. The number of halogens is 1. The highest BCUT2D eigenvalue weighted by Gasteiger charge is 2.38. The summed E-state index contributed by atoms with van der Waals surface area (Å²) in [4.78, 5) is 44.8. The molecule has 1 aromatic heterocycles. The number of piperazine rings is 1. The van der Waals surface area contributed by atoms with Crippen LogP contribution in [0, 0.1) is 12.7 Å². The summed E-state index contributed by atoms with van der Waals surface area (Å²) in [5.74, 6) is -1.72. The van der Waals surface area contributed by atoms with E-state index in [-0.39, 0.29) is 24.8 Å². The van der Waals surface area contributed by atoms with Gasteiger partial charge >= 0.3 is 11.8 Å². The molecule has 1 saturated heterocycles. The van der Waals surface area contributed by atoms with Gasteiger partial charge in [-0.1, -0.05) is 25.1 Å². The molecule has 3 amide bonds. The first-order chi connectivity index (χ1) is 13.9. The van der Waals surface area contributed by atoms with Crippen molar-refractivity contribution in [3.63, 3.8) is 0 Å². The smallest absolute Gasteiger partial charge is 0.312 e. The van der Waals surface area contributed by atoms with Crippen LogP contribution in [0.25, 0.3) is 0 Å². The van der Waals surface area contributed by atoms with Crippen molar-refractivity contribution in [3.05, 3.63) is 59.5 Å². The number of nitrogens with one attached hydrogen (secondary N) is 1. The molecule has 0 spiro atoms. The van der Waals surface area contributed by atoms with Gasteiger partial charge in [0.05, 0.1) is 0 Å². The van der Waals surface area contributed by atoms with Crippen LogP contribution in [0.2, 0.25) is 0 Å². The van der Waals surface area contributed by atoms with Crippen LogP contribution in [0.5, 0.6) is 0 Å². The third kappa shape index (κ3) is 4.77. The van der Waals surface area contributed by atoms with Crippen LogP contribution < -0.4 is 5.32 Å². The molecular weight excluding hydrogens is 375 g/mol. The van der Waals surface area contributed by atoms with Gasteiger partial charge in [-0.15, -0.1) is 0 Å². The predicted octanol–water partition coefficient (Wildman–Crippen LogP) is 2.12. The van der Waals surface area contributed by atoms with E-state index in [0.717, 1.165) is 11.1 Å². The van der Waals surface area contributed by atoms with Crippen LogP contribution in [-0.4, -0.2) is 51.6 Å². The average molecular weight is 398 g/mol. The van der Waals surface area contributed by atoms with Gasteiger partial charge in [0.25, 0.3) is 0 Å². The number of anilines is 1. The number of aryl methyl sites for hydroxylation is 1. The molecule has 0 bridgehead atoms. The van der Waals surface area contributed by atoms with Gasteiger partial charge in [0.2, 0.25) is 5.91 Å². The lowest BCUT2D eigenvalue weighted by Crippen LogP contribution is -2.59. The van der Waals surface area contributed by atoms with Gasteiger partial charge in [0.15, 0.2) is 0 Å². The Hall–Kier alpha value is -3.29. The third-order valence-corrected chi connectivity index (χ3v) is 4.86. The van der Waals surface area contributed by atoms with Crippen LogP contribution in [0.1, 0.15) is 24.5 Å². The van der Waals surface area contributed by atoms with E-state index in [9.17, 15) is 18.8 Å². The summed E-state index contributed by atoms with van der Waals surface area (Å²) in [7, 11) is 0. The molecule has 3 rings (SSSR count). The molecule has 0 aliphatic carbocycles. The van der Waals surface area contributed by atoms with E-state index < -0.39 is 17.9 Å². The van der Waals surface area contributed by atoms with Crippen LogP contribution >= 0.6 is 0 Å². The molecule has 0 radical (unpaired) electrons. The van der Waals surface area contributed by atoms with Crippen molar-refractivity contribution < 1.29 is 18.8 Å². The highest BCUT2D eigenvalue weighted by Crippen LogP contribution is 2.16. The fourth-order valence-electron chi connectivity index (χ4n) is 3.25. The maximum atomic E-state index is 13.1. The minimum Gasteiger partial charge on any atom is -0.328 e. The first-order valence-corrected chi connectivity index (χ1v) is 9.47. The number of hydrogen-bond donors (Lipinski definition) is 1. The number of carbonyl (C=O) groups is 3. The van der Waals surface area contributed by atoms with Gasteiger partial charge in [-0.25, -0.2) is 9.37 Å². The van der Waals surface area contributed by atoms with E-state index >= 15 is 0 Å². The van der Waals surface area contributed by atoms with Gasteiger partial charge in [0, 0.05) is 25.8 Å². The molecule has 8 heteroatoms. The summed E-state index contributed by atoms with van der Waals surface area (Å²) in [5, 5.41) is 2.70. The number of carbonyl (C=O) groups excluding carboxylic acids is 3. The van der Waals surface area contributed by atoms with E-state index in [1.165, 1.54) is 21.9 Å². The van der Waals surface area contributed by atoms with Crippen molar-refractivity contribution in [2.24, 2.45) is 0 Å². The largest absolute Gasteiger partial charge is 0.328 e. The van der Waals surface area contributed by atoms with Crippen LogP contribution in [0.15, 0.2) is 42.6 Å². The lowest BCUT2D eigenvalue weighted by atomic mass is 10.1. The Bertz CT molecular complexity index is 899. The minimum atomic E-state index is -0.762. The molecule has 1 N–H and O–H groups in total. The maximum absolute atomic E-state index is 13.1. The molecule has 0 unspecified atom stereocenters. The highest BCUT2D eigenvalue weighted by molar-refractivity contribution is 6.35. The minimum absolute atomic E-state index is 0.217. The fourth-order valence-corrected chi connectivity index (χ4v) is 3.25. The molecule has 1 fully saturated rings. The second kappa shape index (κ2) is 8.81. The predicted molar refractivity (Wildman–Crippen MR) is 105 cm³/mol. The zero-order chi connectivity index (χ0) is 21.0. The Morgan fingerprint density at radius 2 is 1.86 bits per heavy atom.